The van der Waals surface area contributed by atoms with Crippen LogP contribution in [-0.4, -0.2) is 5.60 Å². The van der Waals surface area contributed by atoms with Crippen molar-refractivity contribution in [2.45, 2.75) is 39.2 Å². The first kappa shape index (κ1) is 17.2. The summed E-state index contributed by atoms with van der Waals surface area (Å²) in [5.41, 5.74) is -0.150. The van der Waals surface area contributed by atoms with Gasteiger partial charge in [-0.1, -0.05) is 18.2 Å². The van der Waals surface area contributed by atoms with Crippen LogP contribution in [0.25, 0.3) is 0 Å². The van der Waals surface area contributed by atoms with Crippen molar-refractivity contribution < 1.29 is 22.6 Å². The molecule has 0 fully saturated rings. The number of alkyl halides is 3. The van der Waals surface area contributed by atoms with Gasteiger partial charge in [0.05, 0.1) is 5.56 Å². The zero-order valence-electron chi connectivity index (χ0n) is 13.3. The molecule has 0 unspecified atom stereocenters. The molecule has 0 atom stereocenters. The topological polar surface area (TPSA) is 18.5 Å². The van der Waals surface area contributed by atoms with Crippen LogP contribution in [0.3, 0.4) is 0 Å². The van der Waals surface area contributed by atoms with Gasteiger partial charge in [0.25, 0.3) is 0 Å². The summed E-state index contributed by atoms with van der Waals surface area (Å²) in [6.07, 6.45) is -4.37. The minimum atomic E-state index is -4.37. The molecule has 0 bridgehead atoms. The maximum absolute atomic E-state index is 12.6. The molecule has 0 saturated carbocycles. The molecule has 0 radical (unpaired) electrons. The zero-order chi connectivity index (χ0) is 17.1. The van der Waals surface area contributed by atoms with E-state index in [9.17, 15) is 13.2 Å². The van der Waals surface area contributed by atoms with Gasteiger partial charge < -0.3 is 9.47 Å². The molecule has 0 spiro atoms. The fourth-order valence-corrected chi connectivity index (χ4v) is 1.94. The van der Waals surface area contributed by atoms with Gasteiger partial charge in [-0.05, 0) is 56.7 Å². The number of rotatable bonds is 4. The monoisotopic (exact) mass is 324 g/mol. The fraction of sp³-hybridized carbons (Fsp3) is 0.333. The lowest BCUT2D eigenvalue weighted by molar-refractivity contribution is -0.137. The predicted molar refractivity (Wildman–Crippen MR) is 82.6 cm³/mol. The molecule has 2 aromatic carbocycles. The zero-order valence-corrected chi connectivity index (χ0v) is 13.3. The van der Waals surface area contributed by atoms with Crippen LogP contribution in [0, 0.1) is 0 Å². The summed E-state index contributed by atoms with van der Waals surface area (Å²) in [5.74, 6) is 0.926. The molecule has 0 amide bonds. The third kappa shape index (κ3) is 5.51. The van der Waals surface area contributed by atoms with Gasteiger partial charge in [-0.2, -0.15) is 13.2 Å². The van der Waals surface area contributed by atoms with Gasteiger partial charge in [-0.25, -0.2) is 0 Å². The summed E-state index contributed by atoms with van der Waals surface area (Å²) in [5, 5.41) is 0. The number of benzene rings is 2. The molecule has 2 nitrogen and oxygen atoms in total. The fourth-order valence-electron chi connectivity index (χ4n) is 1.94. The summed E-state index contributed by atoms with van der Waals surface area (Å²) in [6.45, 7) is 6.06. The van der Waals surface area contributed by atoms with E-state index in [2.05, 4.69) is 0 Å². The van der Waals surface area contributed by atoms with Crippen LogP contribution in [0.2, 0.25) is 0 Å². The maximum Gasteiger partial charge on any atom is 0.416 e. The van der Waals surface area contributed by atoms with E-state index in [0.29, 0.717) is 0 Å². The largest absolute Gasteiger partial charge is 0.489 e. The molecule has 0 aliphatic carbocycles. The van der Waals surface area contributed by atoms with Crippen LogP contribution in [0.4, 0.5) is 13.2 Å². The highest BCUT2D eigenvalue weighted by Gasteiger charge is 2.30. The quantitative estimate of drug-likeness (QED) is 0.743. The van der Waals surface area contributed by atoms with Crippen molar-refractivity contribution in [3.8, 4) is 11.5 Å². The minimum absolute atomic E-state index is 0.190. The van der Waals surface area contributed by atoms with E-state index in [1.54, 1.807) is 0 Å². The Morgan fingerprint density at radius 3 is 2.09 bits per heavy atom. The van der Waals surface area contributed by atoms with Gasteiger partial charge in [0.2, 0.25) is 0 Å². The summed E-state index contributed by atoms with van der Waals surface area (Å²) < 4.78 is 49.1. The van der Waals surface area contributed by atoms with Crippen molar-refractivity contribution in [2.24, 2.45) is 0 Å². The Hall–Kier alpha value is -2.17. The van der Waals surface area contributed by atoms with Crippen LogP contribution in [-0.2, 0) is 12.8 Å². The van der Waals surface area contributed by atoms with E-state index in [1.807, 2.05) is 45.0 Å². The second-order valence-electron chi connectivity index (χ2n) is 6.17. The van der Waals surface area contributed by atoms with E-state index in [1.165, 1.54) is 12.1 Å². The molecular weight excluding hydrogens is 305 g/mol. The summed E-state index contributed by atoms with van der Waals surface area (Å²) in [4.78, 5) is 0. The SMILES string of the molecule is CC(C)(C)Oc1ccc(COc2cccc(C(F)(F)F)c2)cc1. The highest BCUT2D eigenvalue weighted by atomic mass is 19.4. The minimum Gasteiger partial charge on any atom is -0.489 e. The standard InChI is InChI=1S/C18H19F3O2/c1-17(2,3)23-15-9-7-13(8-10-15)12-22-16-6-4-5-14(11-16)18(19,20)21/h4-11H,12H2,1-3H3. The van der Waals surface area contributed by atoms with E-state index < -0.39 is 11.7 Å². The van der Waals surface area contributed by atoms with Crippen LogP contribution in [0.1, 0.15) is 31.9 Å². The van der Waals surface area contributed by atoms with Crippen LogP contribution in [0.15, 0.2) is 48.5 Å². The van der Waals surface area contributed by atoms with Crippen molar-refractivity contribution in [1.82, 2.24) is 0 Å². The van der Waals surface area contributed by atoms with Crippen molar-refractivity contribution in [2.75, 3.05) is 0 Å². The third-order valence-electron chi connectivity index (χ3n) is 2.91. The Morgan fingerprint density at radius 2 is 1.52 bits per heavy atom. The lowest BCUT2D eigenvalue weighted by Crippen LogP contribution is -2.22. The van der Waals surface area contributed by atoms with E-state index in [4.69, 9.17) is 9.47 Å². The lowest BCUT2D eigenvalue weighted by atomic mass is 10.2. The van der Waals surface area contributed by atoms with E-state index >= 15 is 0 Å². The molecule has 0 aliphatic rings. The van der Waals surface area contributed by atoms with Crippen molar-refractivity contribution in [3.05, 3.63) is 59.7 Å². The van der Waals surface area contributed by atoms with Crippen LogP contribution < -0.4 is 9.47 Å². The first-order chi connectivity index (χ1) is 10.6. The number of ether oxygens (including phenoxy) is 2. The molecule has 0 heterocycles. The van der Waals surface area contributed by atoms with Gasteiger partial charge in [0, 0.05) is 0 Å². The normalized spacial score (nSPS) is 12.1. The Kier molecular flexibility index (Phi) is 4.88. The smallest absolute Gasteiger partial charge is 0.416 e. The number of halogens is 3. The number of hydrogen-bond donors (Lipinski definition) is 0. The van der Waals surface area contributed by atoms with E-state index in [-0.39, 0.29) is 18.0 Å². The molecule has 0 saturated heterocycles. The Labute approximate surface area is 133 Å². The summed E-state index contributed by atoms with van der Waals surface area (Å²) in [6, 6.07) is 12.1. The highest BCUT2D eigenvalue weighted by Crippen LogP contribution is 2.31. The van der Waals surface area contributed by atoms with Crippen molar-refractivity contribution in [3.63, 3.8) is 0 Å². The van der Waals surface area contributed by atoms with Crippen molar-refractivity contribution >= 4 is 0 Å². The summed E-state index contributed by atoms with van der Waals surface area (Å²) >= 11 is 0. The number of hydrogen-bond acceptors (Lipinski definition) is 2. The van der Waals surface area contributed by atoms with Gasteiger partial charge >= 0.3 is 6.18 Å². The Bertz CT molecular complexity index is 641. The molecule has 2 aromatic rings. The Morgan fingerprint density at radius 1 is 0.870 bits per heavy atom. The van der Waals surface area contributed by atoms with Gasteiger partial charge in [-0.3, -0.25) is 0 Å². The molecule has 124 valence electrons. The molecule has 5 heteroatoms. The average Bonchev–Trinajstić information content (AvgIpc) is 2.44. The third-order valence-corrected chi connectivity index (χ3v) is 2.91. The molecule has 2 rings (SSSR count). The van der Waals surface area contributed by atoms with E-state index in [0.717, 1.165) is 23.4 Å². The molecule has 23 heavy (non-hydrogen) atoms. The first-order valence-corrected chi connectivity index (χ1v) is 7.21. The van der Waals surface area contributed by atoms with Gasteiger partial charge in [0.15, 0.2) is 0 Å². The molecule has 0 N–H and O–H groups in total. The maximum atomic E-state index is 12.6. The summed E-state index contributed by atoms with van der Waals surface area (Å²) in [7, 11) is 0. The van der Waals surface area contributed by atoms with Gasteiger partial charge in [-0.15, -0.1) is 0 Å². The molecular formula is C18H19F3O2. The highest BCUT2D eigenvalue weighted by molar-refractivity contribution is 5.31. The molecule has 0 aromatic heterocycles. The van der Waals surface area contributed by atoms with Crippen molar-refractivity contribution in [1.29, 1.82) is 0 Å². The average molecular weight is 324 g/mol. The lowest BCUT2D eigenvalue weighted by Gasteiger charge is -2.21. The van der Waals surface area contributed by atoms with Crippen LogP contribution >= 0.6 is 0 Å². The molecule has 0 aliphatic heterocycles. The Balaban J connectivity index is 1.99. The van der Waals surface area contributed by atoms with Crippen LogP contribution in [0.5, 0.6) is 11.5 Å². The first-order valence-electron chi connectivity index (χ1n) is 7.21. The van der Waals surface area contributed by atoms with Gasteiger partial charge in [0.1, 0.15) is 23.7 Å². The predicted octanol–water partition coefficient (Wildman–Crippen LogP) is 5.46. The second kappa shape index (κ2) is 6.52. The second-order valence-corrected chi connectivity index (χ2v) is 6.17.